The van der Waals surface area contributed by atoms with Gasteiger partial charge in [-0.1, -0.05) is 0 Å². The molecule has 4 nitrogen and oxygen atoms in total. The third kappa shape index (κ3) is 2.38. The number of hydrogen-bond donors (Lipinski definition) is 1. The van der Waals surface area contributed by atoms with E-state index < -0.39 is 17.6 Å². The van der Waals surface area contributed by atoms with Gasteiger partial charge in [0.25, 0.3) is 0 Å². The molecule has 0 aromatic heterocycles. The highest BCUT2D eigenvalue weighted by atomic mass is 19.3. The number of carbonyl (C=O) groups is 1. The highest BCUT2D eigenvalue weighted by Crippen LogP contribution is 2.47. The van der Waals surface area contributed by atoms with Crippen LogP contribution in [0.25, 0.3) is 0 Å². The standard InChI is InChI=1S/C13H13F2NO3/c1-3-19-12(17)7-11-13(14,15)9-6-8(18-2)4-5-10(9)16-11/h4-7,16H,3H2,1-2H3/b11-7-. The first-order valence-electron chi connectivity index (χ1n) is 5.71. The lowest BCUT2D eigenvalue weighted by molar-refractivity contribution is -0.137. The summed E-state index contributed by atoms with van der Waals surface area (Å²) in [6.45, 7) is 1.74. The Bertz CT molecular complexity index is 541. The van der Waals surface area contributed by atoms with E-state index in [2.05, 4.69) is 10.1 Å². The fourth-order valence-electron chi connectivity index (χ4n) is 1.82. The second-order valence-electron chi connectivity index (χ2n) is 3.92. The number of anilines is 1. The molecule has 1 aromatic carbocycles. The lowest BCUT2D eigenvalue weighted by Gasteiger charge is -2.11. The van der Waals surface area contributed by atoms with Crippen LogP contribution >= 0.6 is 0 Å². The van der Waals surface area contributed by atoms with Crippen LogP contribution in [0.3, 0.4) is 0 Å². The number of nitrogens with one attached hydrogen (secondary N) is 1. The zero-order valence-corrected chi connectivity index (χ0v) is 10.5. The zero-order chi connectivity index (χ0) is 14.0. The minimum absolute atomic E-state index is 0.134. The summed E-state index contributed by atoms with van der Waals surface area (Å²) in [5, 5.41) is 2.52. The van der Waals surface area contributed by atoms with E-state index in [-0.39, 0.29) is 17.9 Å². The van der Waals surface area contributed by atoms with Gasteiger partial charge in [0.1, 0.15) is 5.75 Å². The molecule has 0 amide bonds. The fourth-order valence-corrected chi connectivity index (χ4v) is 1.82. The van der Waals surface area contributed by atoms with Crippen LogP contribution in [0.2, 0.25) is 0 Å². The summed E-state index contributed by atoms with van der Waals surface area (Å²) in [5.41, 5.74) is -0.460. The van der Waals surface area contributed by atoms with Crippen molar-refractivity contribution >= 4 is 11.7 Å². The number of carbonyl (C=O) groups excluding carboxylic acids is 1. The summed E-state index contributed by atoms with van der Waals surface area (Å²) in [6.07, 6.45) is 0.774. The van der Waals surface area contributed by atoms with E-state index in [1.807, 2.05) is 0 Å². The number of ether oxygens (including phenoxy) is 2. The molecular weight excluding hydrogens is 256 g/mol. The summed E-state index contributed by atoms with van der Waals surface area (Å²) in [7, 11) is 1.40. The van der Waals surface area contributed by atoms with Gasteiger partial charge in [0.05, 0.1) is 25.0 Å². The number of halogens is 2. The summed E-state index contributed by atoms with van der Waals surface area (Å²) in [5.74, 6) is -3.74. The third-order valence-electron chi connectivity index (χ3n) is 2.72. The number of fused-ring (bicyclic) bond motifs is 1. The minimum atomic E-state index is -3.27. The molecule has 1 heterocycles. The van der Waals surface area contributed by atoms with E-state index in [1.165, 1.54) is 19.2 Å². The Morgan fingerprint density at radius 1 is 1.47 bits per heavy atom. The van der Waals surface area contributed by atoms with Crippen molar-refractivity contribution in [2.45, 2.75) is 12.8 Å². The number of allylic oxidation sites excluding steroid dienone is 1. The Hall–Kier alpha value is -2.11. The van der Waals surface area contributed by atoms with Gasteiger partial charge in [0, 0.05) is 11.8 Å². The first-order valence-corrected chi connectivity index (χ1v) is 5.71. The molecule has 1 aliphatic rings. The average molecular weight is 269 g/mol. The Labute approximate surface area is 109 Å². The van der Waals surface area contributed by atoms with Gasteiger partial charge in [0.15, 0.2) is 0 Å². The zero-order valence-electron chi connectivity index (χ0n) is 10.5. The highest BCUT2D eigenvalue weighted by Gasteiger charge is 2.45. The topological polar surface area (TPSA) is 47.6 Å². The lowest BCUT2D eigenvalue weighted by Crippen LogP contribution is -2.16. The maximum absolute atomic E-state index is 14.1. The van der Waals surface area contributed by atoms with Crippen LogP contribution in [0.5, 0.6) is 5.75 Å². The molecule has 0 atom stereocenters. The number of alkyl halides is 2. The molecule has 0 saturated heterocycles. The van der Waals surface area contributed by atoms with E-state index >= 15 is 0 Å². The van der Waals surface area contributed by atoms with E-state index in [0.717, 1.165) is 6.08 Å². The molecule has 1 aromatic rings. The highest BCUT2D eigenvalue weighted by molar-refractivity contribution is 5.85. The van der Waals surface area contributed by atoms with Gasteiger partial charge in [-0.25, -0.2) is 4.79 Å². The van der Waals surface area contributed by atoms with Gasteiger partial charge in [0.2, 0.25) is 0 Å². The molecule has 1 aliphatic heterocycles. The first kappa shape index (κ1) is 13.3. The Kier molecular flexibility index (Phi) is 3.42. The van der Waals surface area contributed by atoms with Gasteiger partial charge in [-0.3, -0.25) is 0 Å². The molecule has 1 N–H and O–H groups in total. The molecule has 2 rings (SSSR count). The molecule has 102 valence electrons. The monoisotopic (exact) mass is 269 g/mol. The predicted molar refractivity (Wildman–Crippen MR) is 65.2 cm³/mol. The molecule has 0 spiro atoms. The van der Waals surface area contributed by atoms with Gasteiger partial charge in [-0.15, -0.1) is 0 Å². The third-order valence-corrected chi connectivity index (χ3v) is 2.72. The van der Waals surface area contributed by atoms with Crippen LogP contribution in [0.1, 0.15) is 12.5 Å². The van der Waals surface area contributed by atoms with Gasteiger partial charge >= 0.3 is 11.9 Å². The summed E-state index contributed by atoms with van der Waals surface area (Å²) < 4.78 is 37.8. The van der Waals surface area contributed by atoms with E-state index in [9.17, 15) is 13.6 Å². The van der Waals surface area contributed by atoms with Crippen LogP contribution < -0.4 is 10.1 Å². The van der Waals surface area contributed by atoms with Crippen molar-refractivity contribution in [1.82, 2.24) is 0 Å². The fraction of sp³-hybridized carbons (Fsp3) is 0.308. The van der Waals surface area contributed by atoms with Crippen molar-refractivity contribution in [3.8, 4) is 5.75 Å². The molecule has 0 unspecified atom stereocenters. The number of rotatable bonds is 3. The van der Waals surface area contributed by atoms with Gasteiger partial charge in [-0.2, -0.15) is 8.78 Å². The normalized spacial score (nSPS) is 17.8. The Morgan fingerprint density at radius 3 is 2.84 bits per heavy atom. The number of benzene rings is 1. The van der Waals surface area contributed by atoms with E-state index in [1.54, 1.807) is 13.0 Å². The lowest BCUT2D eigenvalue weighted by atomic mass is 10.1. The second kappa shape index (κ2) is 4.87. The van der Waals surface area contributed by atoms with Crippen molar-refractivity contribution < 1.29 is 23.0 Å². The first-order chi connectivity index (χ1) is 8.98. The van der Waals surface area contributed by atoms with Crippen LogP contribution in [0.4, 0.5) is 14.5 Å². The summed E-state index contributed by atoms with van der Waals surface area (Å²) in [4.78, 5) is 11.3. The van der Waals surface area contributed by atoms with Gasteiger partial charge in [-0.05, 0) is 25.1 Å². The largest absolute Gasteiger partial charge is 0.497 e. The van der Waals surface area contributed by atoms with Crippen molar-refractivity contribution in [2.24, 2.45) is 0 Å². The summed E-state index contributed by atoms with van der Waals surface area (Å²) in [6, 6.07) is 4.29. The molecule has 0 fully saturated rings. The molecule has 19 heavy (non-hydrogen) atoms. The van der Waals surface area contributed by atoms with E-state index in [0.29, 0.717) is 5.75 Å². The maximum atomic E-state index is 14.1. The van der Waals surface area contributed by atoms with Crippen LogP contribution in [-0.4, -0.2) is 19.7 Å². The van der Waals surface area contributed by atoms with Crippen molar-refractivity contribution in [2.75, 3.05) is 19.0 Å². The van der Waals surface area contributed by atoms with Crippen LogP contribution in [0, 0.1) is 0 Å². The average Bonchev–Trinajstić information content (AvgIpc) is 2.61. The van der Waals surface area contributed by atoms with E-state index in [4.69, 9.17) is 4.74 Å². The number of hydrogen-bond acceptors (Lipinski definition) is 4. The predicted octanol–water partition coefficient (Wildman–Crippen LogP) is 2.66. The quantitative estimate of drug-likeness (QED) is 0.677. The molecule has 0 aliphatic carbocycles. The number of esters is 1. The van der Waals surface area contributed by atoms with Crippen LogP contribution in [0.15, 0.2) is 30.0 Å². The maximum Gasteiger partial charge on any atom is 0.332 e. The van der Waals surface area contributed by atoms with Gasteiger partial charge < -0.3 is 14.8 Å². The SMILES string of the molecule is CCOC(=O)/C=C1\Nc2ccc(OC)cc2C1(F)F. The minimum Gasteiger partial charge on any atom is -0.497 e. The van der Waals surface area contributed by atoms with Crippen molar-refractivity contribution in [3.63, 3.8) is 0 Å². The van der Waals surface area contributed by atoms with Crippen LogP contribution in [-0.2, 0) is 15.5 Å². The second-order valence-corrected chi connectivity index (χ2v) is 3.92. The van der Waals surface area contributed by atoms with Crippen molar-refractivity contribution in [3.05, 3.63) is 35.5 Å². The molecule has 6 heteroatoms. The molecule has 0 radical (unpaired) electrons. The summed E-state index contributed by atoms with van der Waals surface area (Å²) >= 11 is 0. The molecular formula is C13H13F2NO3. The number of methoxy groups -OCH3 is 1. The molecule has 0 saturated carbocycles. The van der Waals surface area contributed by atoms with Crippen molar-refractivity contribution in [1.29, 1.82) is 0 Å². The smallest absolute Gasteiger partial charge is 0.332 e. The molecule has 0 bridgehead atoms. The Morgan fingerprint density at radius 2 is 2.21 bits per heavy atom. The Balaban J connectivity index is 2.37.